The molecule has 0 aliphatic carbocycles. The average molecular weight is 348 g/mol. The molecule has 0 saturated carbocycles. The summed E-state index contributed by atoms with van der Waals surface area (Å²) < 4.78 is 7.62. The van der Waals surface area contributed by atoms with Gasteiger partial charge in [0.1, 0.15) is 11.9 Å². The number of nitrogens with one attached hydrogen (secondary N) is 1. The molecule has 1 unspecified atom stereocenters. The maximum Gasteiger partial charge on any atom is 0.251 e. The third-order valence-electron chi connectivity index (χ3n) is 4.87. The van der Waals surface area contributed by atoms with Crippen LogP contribution >= 0.6 is 0 Å². The van der Waals surface area contributed by atoms with Gasteiger partial charge in [0, 0.05) is 65.3 Å². The number of guanidine groups is 1. The molecule has 2 saturated heterocycles. The van der Waals surface area contributed by atoms with E-state index < -0.39 is 0 Å². The minimum atomic E-state index is -0.220. The second kappa shape index (κ2) is 8.33. The number of amides is 1. The second-order valence-electron chi connectivity index (χ2n) is 6.46. The lowest BCUT2D eigenvalue weighted by Crippen LogP contribution is -2.55. The summed E-state index contributed by atoms with van der Waals surface area (Å²) in [6.07, 6.45) is 5.42. The van der Waals surface area contributed by atoms with E-state index in [2.05, 4.69) is 24.8 Å². The highest BCUT2D eigenvalue weighted by Crippen LogP contribution is 2.16. The molecule has 1 atom stereocenters. The Kier molecular flexibility index (Phi) is 5.91. The van der Waals surface area contributed by atoms with Crippen LogP contribution in [0.15, 0.2) is 17.4 Å². The Morgan fingerprint density at radius 3 is 2.72 bits per heavy atom. The van der Waals surface area contributed by atoms with Gasteiger partial charge in [-0.25, -0.2) is 4.98 Å². The number of aliphatic imine (C=N–C) groups is 1. The molecule has 1 aromatic rings. The first-order valence-corrected chi connectivity index (χ1v) is 9.03. The average Bonchev–Trinajstić information content (AvgIpc) is 3.31. The van der Waals surface area contributed by atoms with Gasteiger partial charge in [-0.15, -0.1) is 0 Å². The van der Waals surface area contributed by atoms with Gasteiger partial charge in [0.05, 0.1) is 0 Å². The first kappa shape index (κ1) is 17.7. The monoisotopic (exact) mass is 348 g/mol. The van der Waals surface area contributed by atoms with Crippen molar-refractivity contribution in [3.63, 3.8) is 0 Å². The van der Waals surface area contributed by atoms with E-state index in [1.807, 2.05) is 24.2 Å². The van der Waals surface area contributed by atoms with Crippen molar-refractivity contribution in [3.8, 4) is 0 Å². The number of ether oxygens (including phenoxy) is 1. The maximum atomic E-state index is 12.4. The van der Waals surface area contributed by atoms with Crippen LogP contribution in [0.25, 0.3) is 0 Å². The zero-order valence-corrected chi connectivity index (χ0v) is 15.1. The van der Waals surface area contributed by atoms with Gasteiger partial charge >= 0.3 is 0 Å². The quantitative estimate of drug-likeness (QED) is 0.617. The molecule has 3 heterocycles. The number of hydrogen-bond donors (Lipinski definition) is 1. The fourth-order valence-electron chi connectivity index (χ4n) is 3.38. The smallest absolute Gasteiger partial charge is 0.251 e. The van der Waals surface area contributed by atoms with Crippen LogP contribution < -0.4 is 5.32 Å². The van der Waals surface area contributed by atoms with Crippen LogP contribution in [0.5, 0.6) is 0 Å². The SMILES string of the molecule is CN=C(NCCn1ccnc1C)N1CCN(C(=O)C2CCCO2)CC1. The fraction of sp³-hybridized carbons (Fsp3) is 0.706. The number of aromatic nitrogens is 2. The summed E-state index contributed by atoms with van der Waals surface area (Å²) in [5.74, 6) is 2.05. The molecular formula is C17H28N6O2. The van der Waals surface area contributed by atoms with Crippen LogP contribution in [0.2, 0.25) is 0 Å². The third kappa shape index (κ3) is 4.31. The zero-order chi connectivity index (χ0) is 17.6. The number of aryl methyl sites for hydroxylation is 1. The minimum Gasteiger partial charge on any atom is -0.368 e. The summed E-state index contributed by atoms with van der Waals surface area (Å²) in [4.78, 5) is 25.2. The summed E-state index contributed by atoms with van der Waals surface area (Å²) in [6, 6.07) is 0. The van der Waals surface area contributed by atoms with Gasteiger partial charge in [0.15, 0.2) is 5.96 Å². The largest absolute Gasteiger partial charge is 0.368 e. The molecule has 3 rings (SSSR count). The number of carbonyl (C=O) groups excluding carboxylic acids is 1. The lowest BCUT2D eigenvalue weighted by atomic mass is 10.2. The van der Waals surface area contributed by atoms with Gasteiger partial charge in [-0.1, -0.05) is 0 Å². The highest BCUT2D eigenvalue weighted by molar-refractivity contribution is 5.82. The zero-order valence-electron chi connectivity index (χ0n) is 15.1. The molecule has 138 valence electrons. The molecule has 0 spiro atoms. The highest BCUT2D eigenvalue weighted by Gasteiger charge is 2.30. The second-order valence-corrected chi connectivity index (χ2v) is 6.46. The standard InChI is InChI=1S/C17H28N6O2/c1-14-19-5-7-21(14)8-6-20-17(18-2)23-11-9-22(10-12-23)16(24)15-4-3-13-25-15/h5,7,15H,3-4,6,8-13H2,1-2H3,(H,18,20). The molecule has 25 heavy (non-hydrogen) atoms. The van der Waals surface area contributed by atoms with Crippen LogP contribution in [-0.4, -0.2) is 83.7 Å². The number of hydrogen-bond acceptors (Lipinski definition) is 4. The van der Waals surface area contributed by atoms with E-state index in [1.54, 1.807) is 7.05 Å². The van der Waals surface area contributed by atoms with Crippen LogP contribution in [0.1, 0.15) is 18.7 Å². The maximum absolute atomic E-state index is 12.4. The van der Waals surface area contributed by atoms with E-state index >= 15 is 0 Å². The van der Waals surface area contributed by atoms with E-state index in [0.29, 0.717) is 6.61 Å². The van der Waals surface area contributed by atoms with Gasteiger partial charge < -0.3 is 24.4 Å². The Morgan fingerprint density at radius 2 is 2.12 bits per heavy atom. The van der Waals surface area contributed by atoms with Crippen LogP contribution in [0.3, 0.4) is 0 Å². The van der Waals surface area contributed by atoms with Gasteiger partial charge in [0.2, 0.25) is 0 Å². The Balaban J connectivity index is 1.44. The van der Waals surface area contributed by atoms with E-state index in [1.165, 1.54) is 0 Å². The van der Waals surface area contributed by atoms with Gasteiger partial charge in [-0.05, 0) is 19.8 Å². The Hall–Kier alpha value is -2.09. The summed E-state index contributed by atoms with van der Waals surface area (Å²) in [6.45, 7) is 7.38. The number of rotatable bonds is 4. The van der Waals surface area contributed by atoms with Crippen molar-refractivity contribution in [2.45, 2.75) is 32.4 Å². The lowest BCUT2D eigenvalue weighted by molar-refractivity contribution is -0.142. The van der Waals surface area contributed by atoms with E-state index in [-0.39, 0.29) is 12.0 Å². The molecule has 8 nitrogen and oxygen atoms in total. The molecule has 8 heteroatoms. The molecule has 1 amide bonds. The lowest BCUT2D eigenvalue weighted by Gasteiger charge is -2.37. The minimum absolute atomic E-state index is 0.149. The van der Waals surface area contributed by atoms with Crippen molar-refractivity contribution in [2.75, 3.05) is 46.4 Å². The number of piperazine rings is 1. The topological polar surface area (TPSA) is 75.0 Å². The van der Waals surface area contributed by atoms with Crippen LogP contribution in [0, 0.1) is 6.92 Å². The van der Waals surface area contributed by atoms with Crippen molar-refractivity contribution < 1.29 is 9.53 Å². The summed E-state index contributed by atoms with van der Waals surface area (Å²) in [7, 11) is 1.80. The number of carbonyl (C=O) groups is 1. The summed E-state index contributed by atoms with van der Waals surface area (Å²) in [5, 5.41) is 3.40. The highest BCUT2D eigenvalue weighted by atomic mass is 16.5. The van der Waals surface area contributed by atoms with Crippen LogP contribution in [-0.2, 0) is 16.1 Å². The first-order chi connectivity index (χ1) is 12.2. The van der Waals surface area contributed by atoms with Gasteiger partial charge in [-0.3, -0.25) is 9.79 Å². The number of nitrogens with zero attached hydrogens (tertiary/aromatic N) is 5. The summed E-state index contributed by atoms with van der Waals surface area (Å²) in [5.41, 5.74) is 0. The Bertz CT molecular complexity index is 600. The molecule has 2 aliphatic rings. The Labute approximate surface area is 148 Å². The molecule has 1 aromatic heterocycles. The van der Waals surface area contributed by atoms with E-state index in [0.717, 1.165) is 63.9 Å². The van der Waals surface area contributed by atoms with Gasteiger partial charge in [0.25, 0.3) is 5.91 Å². The molecule has 1 N–H and O–H groups in total. The fourth-order valence-corrected chi connectivity index (χ4v) is 3.38. The van der Waals surface area contributed by atoms with Crippen molar-refractivity contribution >= 4 is 11.9 Å². The number of imidazole rings is 1. The third-order valence-corrected chi connectivity index (χ3v) is 4.87. The van der Waals surface area contributed by atoms with Crippen LogP contribution in [0.4, 0.5) is 0 Å². The molecular weight excluding hydrogens is 320 g/mol. The van der Waals surface area contributed by atoms with E-state index in [4.69, 9.17) is 4.74 Å². The van der Waals surface area contributed by atoms with Crippen molar-refractivity contribution in [1.29, 1.82) is 0 Å². The van der Waals surface area contributed by atoms with Crippen molar-refractivity contribution in [3.05, 3.63) is 18.2 Å². The van der Waals surface area contributed by atoms with Gasteiger partial charge in [-0.2, -0.15) is 0 Å². The van der Waals surface area contributed by atoms with Crippen molar-refractivity contribution in [2.24, 2.45) is 4.99 Å². The molecule has 2 aliphatic heterocycles. The normalized spacial score (nSPS) is 21.7. The predicted molar refractivity (Wildman–Crippen MR) is 95.5 cm³/mol. The predicted octanol–water partition coefficient (Wildman–Crippen LogP) is 0.0901. The summed E-state index contributed by atoms with van der Waals surface area (Å²) >= 11 is 0. The van der Waals surface area contributed by atoms with E-state index in [9.17, 15) is 4.79 Å². The molecule has 0 bridgehead atoms. The first-order valence-electron chi connectivity index (χ1n) is 9.03. The molecule has 2 fully saturated rings. The molecule has 0 radical (unpaired) electrons. The molecule has 0 aromatic carbocycles. The van der Waals surface area contributed by atoms with Crippen molar-refractivity contribution in [1.82, 2.24) is 24.7 Å². The Morgan fingerprint density at radius 1 is 1.36 bits per heavy atom.